The summed E-state index contributed by atoms with van der Waals surface area (Å²) in [5, 5.41) is 9.64. The first-order chi connectivity index (χ1) is 8.90. The van der Waals surface area contributed by atoms with Gasteiger partial charge in [0.2, 0.25) is 0 Å². The molecule has 1 aromatic carbocycles. The van der Waals surface area contributed by atoms with Gasteiger partial charge in [0.1, 0.15) is 0 Å². The Bertz CT molecular complexity index is 484. The molecule has 0 amide bonds. The standard InChI is InChI=1S/C13H21NO4S/c1-4-19(16,17)13-7-5-11(6-8-13)14(2)9-12(15)10-18-3/h5-8,12,15H,4,9-10H2,1-3H3. The fourth-order valence-electron chi connectivity index (χ4n) is 1.74. The molecule has 0 aliphatic heterocycles. The number of aliphatic hydroxyl groups excluding tert-OH is 1. The lowest BCUT2D eigenvalue weighted by Gasteiger charge is -2.22. The maximum absolute atomic E-state index is 11.7. The number of hydrogen-bond donors (Lipinski definition) is 1. The number of anilines is 1. The normalized spacial score (nSPS) is 13.3. The van der Waals surface area contributed by atoms with Gasteiger partial charge in [-0.15, -0.1) is 0 Å². The van der Waals surface area contributed by atoms with Crippen LogP contribution in [0.2, 0.25) is 0 Å². The van der Waals surface area contributed by atoms with Crippen LogP contribution in [0.4, 0.5) is 5.69 Å². The minimum atomic E-state index is -3.16. The monoisotopic (exact) mass is 287 g/mol. The molecule has 1 rings (SSSR count). The average molecular weight is 287 g/mol. The molecule has 0 aliphatic carbocycles. The molecule has 19 heavy (non-hydrogen) atoms. The zero-order chi connectivity index (χ0) is 14.5. The van der Waals surface area contributed by atoms with E-state index in [1.807, 2.05) is 11.9 Å². The average Bonchev–Trinajstić information content (AvgIpc) is 2.39. The lowest BCUT2D eigenvalue weighted by Crippen LogP contribution is -2.31. The highest BCUT2D eigenvalue weighted by Crippen LogP contribution is 2.18. The van der Waals surface area contributed by atoms with Crippen LogP contribution in [-0.4, -0.2) is 52.7 Å². The van der Waals surface area contributed by atoms with Gasteiger partial charge in [-0.3, -0.25) is 0 Å². The Hall–Kier alpha value is -1.11. The molecule has 0 radical (unpaired) electrons. The van der Waals surface area contributed by atoms with Crippen molar-refractivity contribution in [1.82, 2.24) is 0 Å². The molecule has 0 heterocycles. The summed E-state index contributed by atoms with van der Waals surface area (Å²) >= 11 is 0. The number of ether oxygens (including phenoxy) is 1. The first kappa shape index (κ1) is 15.9. The van der Waals surface area contributed by atoms with E-state index in [-0.39, 0.29) is 12.4 Å². The number of benzene rings is 1. The second-order valence-corrected chi connectivity index (χ2v) is 6.67. The van der Waals surface area contributed by atoms with Crippen molar-refractivity contribution < 1.29 is 18.3 Å². The fraction of sp³-hybridized carbons (Fsp3) is 0.538. The summed E-state index contributed by atoms with van der Waals surface area (Å²) in [6, 6.07) is 6.66. The molecule has 0 aromatic heterocycles. The summed E-state index contributed by atoms with van der Waals surface area (Å²) in [4.78, 5) is 2.18. The van der Waals surface area contributed by atoms with Crippen LogP contribution in [0, 0.1) is 0 Å². The summed E-state index contributed by atoms with van der Waals surface area (Å²) in [5.41, 5.74) is 0.852. The minimum Gasteiger partial charge on any atom is -0.389 e. The summed E-state index contributed by atoms with van der Waals surface area (Å²) < 4.78 is 28.2. The zero-order valence-corrected chi connectivity index (χ0v) is 12.4. The molecule has 0 spiro atoms. The summed E-state index contributed by atoms with van der Waals surface area (Å²) in [6.07, 6.45) is -0.575. The molecule has 108 valence electrons. The highest BCUT2D eigenvalue weighted by molar-refractivity contribution is 7.91. The summed E-state index contributed by atoms with van der Waals surface area (Å²) in [7, 11) is 0.211. The van der Waals surface area contributed by atoms with E-state index in [1.165, 1.54) is 7.11 Å². The van der Waals surface area contributed by atoms with Gasteiger partial charge in [0.25, 0.3) is 0 Å². The first-order valence-electron chi connectivity index (χ1n) is 6.11. The Balaban J connectivity index is 2.76. The van der Waals surface area contributed by atoms with Gasteiger partial charge in [0, 0.05) is 26.4 Å². The smallest absolute Gasteiger partial charge is 0.178 e. The van der Waals surface area contributed by atoms with Gasteiger partial charge >= 0.3 is 0 Å². The lowest BCUT2D eigenvalue weighted by atomic mass is 10.2. The number of sulfone groups is 1. The number of hydrogen-bond acceptors (Lipinski definition) is 5. The zero-order valence-electron chi connectivity index (χ0n) is 11.5. The Morgan fingerprint density at radius 1 is 1.32 bits per heavy atom. The van der Waals surface area contributed by atoms with Gasteiger partial charge in [0.15, 0.2) is 9.84 Å². The Labute approximate surface area is 114 Å². The van der Waals surface area contributed by atoms with Gasteiger partial charge < -0.3 is 14.7 Å². The quantitative estimate of drug-likeness (QED) is 0.808. The number of nitrogens with zero attached hydrogens (tertiary/aromatic N) is 1. The maximum Gasteiger partial charge on any atom is 0.178 e. The van der Waals surface area contributed by atoms with Gasteiger partial charge in [-0.05, 0) is 24.3 Å². The molecule has 0 bridgehead atoms. The Morgan fingerprint density at radius 2 is 1.89 bits per heavy atom. The highest BCUT2D eigenvalue weighted by atomic mass is 32.2. The van der Waals surface area contributed by atoms with E-state index in [0.29, 0.717) is 11.4 Å². The molecular weight excluding hydrogens is 266 g/mol. The third kappa shape index (κ3) is 4.49. The molecular formula is C13H21NO4S. The van der Waals surface area contributed by atoms with Crippen molar-refractivity contribution >= 4 is 15.5 Å². The third-order valence-electron chi connectivity index (χ3n) is 2.86. The summed E-state index contributed by atoms with van der Waals surface area (Å²) in [5.74, 6) is 0.0920. The number of likely N-dealkylation sites (N-methyl/N-ethyl adjacent to an activating group) is 1. The molecule has 1 atom stereocenters. The van der Waals surface area contributed by atoms with Crippen molar-refractivity contribution in [2.45, 2.75) is 17.9 Å². The van der Waals surface area contributed by atoms with Crippen molar-refractivity contribution in [3.63, 3.8) is 0 Å². The van der Waals surface area contributed by atoms with Crippen molar-refractivity contribution in [3.05, 3.63) is 24.3 Å². The number of methoxy groups -OCH3 is 1. The molecule has 0 saturated carbocycles. The molecule has 5 nitrogen and oxygen atoms in total. The van der Waals surface area contributed by atoms with Crippen LogP contribution in [0.25, 0.3) is 0 Å². The van der Waals surface area contributed by atoms with Gasteiger partial charge in [-0.2, -0.15) is 0 Å². The van der Waals surface area contributed by atoms with Crippen molar-refractivity contribution in [3.8, 4) is 0 Å². The van der Waals surface area contributed by atoms with Crippen LogP contribution in [0.15, 0.2) is 29.2 Å². The van der Waals surface area contributed by atoms with Crippen LogP contribution >= 0.6 is 0 Å². The van der Waals surface area contributed by atoms with Crippen LogP contribution in [0.3, 0.4) is 0 Å². The van der Waals surface area contributed by atoms with E-state index in [9.17, 15) is 13.5 Å². The third-order valence-corrected chi connectivity index (χ3v) is 4.61. The van der Waals surface area contributed by atoms with Gasteiger partial charge in [-0.1, -0.05) is 6.92 Å². The highest BCUT2D eigenvalue weighted by Gasteiger charge is 2.13. The van der Waals surface area contributed by atoms with Crippen LogP contribution < -0.4 is 4.90 Å². The van der Waals surface area contributed by atoms with Crippen molar-refractivity contribution in [1.29, 1.82) is 0 Å². The Morgan fingerprint density at radius 3 is 2.37 bits per heavy atom. The maximum atomic E-state index is 11.7. The SMILES string of the molecule is CCS(=O)(=O)c1ccc(N(C)CC(O)COC)cc1. The van der Waals surface area contributed by atoms with Gasteiger partial charge in [0.05, 0.1) is 23.4 Å². The molecule has 6 heteroatoms. The molecule has 1 aromatic rings. The largest absolute Gasteiger partial charge is 0.389 e. The molecule has 1 unspecified atom stereocenters. The van der Waals surface area contributed by atoms with Crippen molar-refractivity contribution in [2.75, 3.05) is 38.0 Å². The lowest BCUT2D eigenvalue weighted by molar-refractivity contribution is 0.0695. The summed E-state index contributed by atoms with van der Waals surface area (Å²) in [6.45, 7) is 2.32. The second-order valence-electron chi connectivity index (χ2n) is 4.39. The van der Waals surface area contributed by atoms with Crippen LogP contribution in [-0.2, 0) is 14.6 Å². The van der Waals surface area contributed by atoms with E-state index >= 15 is 0 Å². The molecule has 1 N–H and O–H groups in total. The van der Waals surface area contributed by atoms with Gasteiger partial charge in [-0.25, -0.2) is 8.42 Å². The van der Waals surface area contributed by atoms with E-state index in [1.54, 1.807) is 31.2 Å². The first-order valence-corrected chi connectivity index (χ1v) is 7.77. The van der Waals surface area contributed by atoms with E-state index in [2.05, 4.69) is 0 Å². The minimum absolute atomic E-state index is 0.0920. The van der Waals surface area contributed by atoms with E-state index < -0.39 is 15.9 Å². The molecule has 0 saturated heterocycles. The fourth-order valence-corrected chi connectivity index (χ4v) is 2.63. The number of aliphatic hydroxyl groups is 1. The van der Waals surface area contributed by atoms with Crippen LogP contribution in [0.1, 0.15) is 6.92 Å². The second kappa shape index (κ2) is 6.88. The van der Waals surface area contributed by atoms with Crippen LogP contribution in [0.5, 0.6) is 0 Å². The predicted octanol–water partition coefficient (Wildman–Crippen LogP) is 0.924. The topological polar surface area (TPSA) is 66.8 Å². The molecule has 0 aliphatic rings. The molecule has 0 fully saturated rings. The van der Waals surface area contributed by atoms with E-state index in [0.717, 1.165) is 5.69 Å². The van der Waals surface area contributed by atoms with E-state index in [4.69, 9.17) is 4.74 Å². The van der Waals surface area contributed by atoms with Crippen molar-refractivity contribution in [2.24, 2.45) is 0 Å². The number of rotatable bonds is 7. The Kier molecular flexibility index (Phi) is 5.78. The predicted molar refractivity (Wildman–Crippen MR) is 75.3 cm³/mol.